The van der Waals surface area contributed by atoms with Gasteiger partial charge >= 0.3 is 6.18 Å². The number of hydrogen-bond donors (Lipinski definition) is 1. The second-order valence-electron chi connectivity index (χ2n) is 11.9. The van der Waals surface area contributed by atoms with Crippen LogP contribution in [0, 0.1) is 17.2 Å². The minimum atomic E-state index is -4.20. The van der Waals surface area contributed by atoms with Crippen LogP contribution in [0.3, 0.4) is 0 Å². The number of aliphatic hydroxyl groups is 1. The third-order valence-electron chi connectivity index (χ3n) is 9.15. The van der Waals surface area contributed by atoms with Crippen LogP contribution in [0.2, 0.25) is 0 Å². The number of carbonyl (C=O) groups is 1. The molecule has 4 aliphatic rings. The number of piperidine rings is 2. The number of carbonyl (C=O) groups excluding carboxylic acids is 1. The number of allylic oxidation sites excluding steroid dienone is 2. The second kappa shape index (κ2) is 11.5. The molecule has 5 nitrogen and oxygen atoms in total. The number of halogens is 5. The van der Waals surface area contributed by atoms with Gasteiger partial charge in [-0.25, -0.2) is 8.78 Å². The minimum Gasteiger partial charge on any atom is -0.391 e. The quantitative estimate of drug-likeness (QED) is 0.348. The molecule has 3 unspecified atom stereocenters. The van der Waals surface area contributed by atoms with Crippen LogP contribution in [0.15, 0.2) is 48.3 Å². The number of ether oxygens (including phenoxy) is 1. The Balaban J connectivity index is 1.27. The van der Waals surface area contributed by atoms with Crippen molar-refractivity contribution < 1.29 is 36.6 Å². The Kier molecular flexibility index (Phi) is 8.42. The molecule has 0 bridgehead atoms. The SMILES string of the molecule is O=C(N1CCCC(O)C1)C1(OCC2CCN(CC3(C(F)(F)F)CCC3)CC2)C=CC(c2ccccc2F)C(F)=C1. The van der Waals surface area contributed by atoms with Crippen molar-refractivity contribution >= 4 is 5.91 Å². The van der Waals surface area contributed by atoms with Crippen LogP contribution in [0.25, 0.3) is 0 Å². The number of hydrogen-bond acceptors (Lipinski definition) is 4. The predicted octanol–water partition coefficient (Wildman–Crippen LogP) is 5.52. The molecule has 3 atom stereocenters. The summed E-state index contributed by atoms with van der Waals surface area (Å²) < 4.78 is 77.1. The van der Waals surface area contributed by atoms with Gasteiger partial charge in [0, 0.05) is 25.2 Å². The summed E-state index contributed by atoms with van der Waals surface area (Å²) in [6.45, 7) is 1.65. The maximum atomic E-state index is 15.6. The Morgan fingerprint density at radius 1 is 1.05 bits per heavy atom. The number of aliphatic hydroxyl groups excluding tert-OH is 1. The van der Waals surface area contributed by atoms with E-state index in [2.05, 4.69) is 0 Å². The standard InChI is InChI=1S/C30H37F5N2O3/c31-25-7-2-1-6-23(25)24-8-13-29(17-26(24)32,27(39)37-14-3-5-22(38)18-37)40-19-21-9-15-36(16-10-21)20-28(11-4-12-28)30(33,34)35/h1-2,6-8,13,17,21-22,24,38H,3-5,9-12,14-16,18-20H2. The van der Waals surface area contributed by atoms with Gasteiger partial charge in [-0.05, 0) is 75.8 Å². The molecule has 220 valence electrons. The smallest absolute Gasteiger partial charge is 0.391 e. The van der Waals surface area contributed by atoms with Crippen LogP contribution in [0.4, 0.5) is 22.0 Å². The normalized spacial score (nSPS) is 29.6. The largest absolute Gasteiger partial charge is 0.395 e. The van der Waals surface area contributed by atoms with Gasteiger partial charge in [0.25, 0.3) is 5.91 Å². The first-order valence-electron chi connectivity index (χ1n) is 14.2. The molecule has 2 saturated heterocycles. The lowest BCUT2D eigenvalue weighted by Crippen LogP contribution is -2.54. The molecule has 3 fully saturated rings. The highest BCUT2D eigenvalue weighted by Crippen LogP contribution is 2.53. The zero-order chi connectivity index (χ0) is 28.5. The van der Waals surface area contributed by atoms with E-state index in [-0.39, 0.29) is 44.0 Å². The van der Waals surface area contributed by atoms with E-state index in [0.29, 0.717) is 51.7 Å². The van der Waals surface area contributed by atoms with Crippen molar-refractivity contribution in [2.45, 2.75) is 68.7 Å². The molecule has 1 amide bonds. The van der Waals surface area contributed by atoms with Crippen LogP contribution in [0.1, 0.15) is 56.4 Å². The summed E-state index contributed by atoms with van der Waals surface area (Å²) in [5.41, 5.74) is -3.19. The Morgan fingerprint density at radius 3 is 2.38 bits per heavy atom. The van der Waals surface area contributed by atoms with Crippen molar-refractivity contribution in [2.24, 2.45) is 11.3 Å². The minimum absolute atomic E-state index is 0.00903. The van der Waals surface area contributed by atoms with E-state index in [1.807, 2.05) is 4.90 Å². The number of nitrogens with zero attached hydrogens (tertiary/aromatic N) is 2. The summed E-state index contributed by atoms with van der Waals surface area (Å²) in [5, 5.41) is 10.1. The Morgan fingerprint density at radius 2 is 1.77 bits per heavy atom. The van der Waals surface area contributed by atoms with E-state index in [0.717, 1.165) is 6.08 Å². The number of alkyl halides is 3. The zero-order valence-electron chi connectivity index (χ0n) is 22.5. The maximum absolute atomic E-state index is 15.6. The van der Waals surface area contributed by atoms with Crippen molar-refractivity contribution in [2.75, 3.05) is 39.3 Å². The number of benzene rings is 1. The Hall–Kier alpha value is -2.30. The van der Waals surface area contributed by atoms with Crippen molar-refractivity contribution in [1.82, 2.24) is 9.80 Å². The van der Waals surface area contributed by atoms with Gasteiger partial charge in [-0.3, -0.25) is 4.79 Å². The molecule has 5 rings (SSSR count). The molecular weight excluding hydrogens is 531 g/mol. The Labute approximate surface area is 231 Å². The highest BCUT2D eigenvalue weighted by Gasteiger charge is 2.58. The fraction of sp³-hybridized carbons (Fsp3) is 0.633. The first-order chi connectivity index (χ1) is 19.0. The van der Waals surface area contributed by atoms with Crippen molar-refractivity contribution in [3.63, 3.8) is 0 Å². The molecule has 0 aromatic heterocycles. The summed E-state index contributed by atoms with van der Waals surface area (Å²) in [7, 11) is 0. The summed E-state index contributed by atoms with van der Waals surface area (Å²) in [4.78, 5) is 17.1. The molecule has 2 heterocycles. The molecule has 1 aromatic carbocycles. The van der Waals surface area contributed by atoms with E-state index in [1.165, 1.54) is 35.3 Å². The summed E-state index contributed by atoms with van der Waals surface area (Å²) >= 11 is 0. The molecular formula is C30H37F5N2O3. The second-order valence-corrected chi connectivity index (χ2v) is 11.9. The molecule has 1 aromatic rings. The van der Waals surface area contributed by atoms with Crippen LogP contribution in [-0.2, 0) is 9.53 Å². The highest BCUT2D eigenvalue weighted by molar-refractivity contribution is 5.90. The molecule has 0 spiro atoms. The summed E-state index contributed by atoms with van der Waals surface area (Å²) in [5.74, 6) is -2.75. The van der Waals surface area contributed by atoms with E-state index in [1.54, 1.807) is 6.07 Å². The fourth-order valence-corrected chi connectivity index (χ4v) is 6.45. The lowest BCUT2D eigenvalue weighted by atomic mass is 9.67. The van der Waals surface area contributed by atoms with E-state index >= 15 is 4.39 Å². The van der Waals surface area contributed by atoms with Crippen molar-refractivity contribution in [1.29, 1.82) is 0 Å². The van der Waals surface area contributed by atoms with Gasteiger partial charge in [0.1, 0.15) is 11.6 Å². The first kappa shape index (κ1) is 29.2. The highest BCUT2D eigenvalue weighted by atomic mass is 19.4. The van der Waals surface area contributed by atoms with Gasteiger partial charge < -0.3 is 19.6 Å². The lowest BCUT2D eigenvalue weighted by Gasteiger charge is -2.47. The van der Waals surface area contributed by atoms with Gasteiger partial charge in [0.2, 0.25) is 0 Å². The molecule has 1 N–H and O–H groups in total. The molecule has 0 radical (unpaired) electrons. The van der Waals surface area contributed by atoms with Crippen molar-refractivity contribution in [3.05, 3.63) is 59.7 Å². The molecule has 2 aliphatic carbocycles. The van der Waals surface area contributed by atoms with E-state index in [9.17, 15) is 27.5 Å². The molecule has 2 aliphatic heterocycles. The monoisotopic (exact) mass is 568 g/mol. The number of β-amino-alcohol motifs (C(OH)–C–C–N with tert-alkyl or cyclic N) is 1. The summed E-state index contributed by atoms with van der Waals surface area (Å²) in [6.07, 6.45) is 2.50. The van der Waals surface area contributed by atoms with Crippen LogP contribution in [-0.4, -0.2) is 78.0 Å². The first-order valence-corrected chi connectivity index (χ1v) is 14.2. The van der Waals surface area contributed by atoms with Gasteiger partial charge in [0.05, 0.1) is 24.0 Å². The van der Waals surface area contributed by atoms with Gasteiger partial charge in [-0.1, -0.05) is 30.7 Å². The summed E-state index contributed by atoms with van der Waals surface area (Å²) in [6, 6.07) is 5.88. The fourth-order valence-electron chi connectivity index (χ4n) is 6.45. The van der Waals surface area contributed by atoms with Crippen molar-refractivity contribution in [3.8, 4) is 0 Å². The number of amides is 1. The van der Waals surface area contributed by atoms with E-state index in [4.69, 9.17) is 4.74 Å². The molecule has 1 saturated carbocycles. The topological polar surface area (TPSA) is 53.0 Å². The lowest BCUT2D eigenvalue weighted by molar-refractivity contribution is -0.256. The maximum Gasteiger partial charge on any atom is 0.395 e. The predicted molar refractivity (Wildman–Crippen MR) is 139 cm³/mol. The number of rotatable bonds is 7. The molecule has 40 heavy (non-hydrogen) atoms. The van der Waals surface area contributed by atoms with Crippen LogP contribution in [0.5, 0.6) is 0 Å². The van der Waals surface area contributed by atoms with Gasteiger partial charge in [0.15, 0.2) is 5.60 Å². The average molecular weight is 569 g/mol. The zero-order valence-corrected chi connectivity index (χ0v) is 22.5. The van der Waals surface area contributed by atoms with Crippen LogP contribution < -0.4 is 0 Å². The van der Waals surface area contributed by atoms with Crippen LogP contribution >= 0.6 is 0 Å². The van der Waals surface area contributed by atoms with Gasteiger partial charge in [-0.2, -0.15) is 13.2 Å². The van der Waals surface area contributed by atoms with E-state index < -0.39 is 46.8 Å². The third-order valence-corrected chi connectivity index (χ3v) is 9.15. The number of likely N-dealkylation sites (tertiary alicyclic amines) is 2. The van der Waals surface area contributed by atoms with Gasteiger partial charge in [-0.15, -0.1) is 0 Å². The molecule has 10 heteroatoms. The Bertz CT molecular complexity index is 1130. The third kappa shape index (κ3) is 5.85. The average Bonchev–Trinajstić information content (AvgIpc) is 2.90.